The number of aromatic nitrogens is 1. The molecule has 1 aliphatic rings. The standard InChI is InChI=1S/C21H20ClFN2O2/c1-13-8-17(11-24-14(2)26)20-7-6-15(12-25(20)21(13)27)9-16-4-3-5-18(22)10-19(16)23/h3-8,12H,9-11H2,1-2H3,(H,24,26). The molecule has 0 fully saturated rings. The number of allylic oxidation sites excluding steroid dienone is 6. The number of pyridine rings is 2. The summed E-state index contributed by atoms with van der Waals surface area (Å²) >= 11 is 5.93. The number of carbonyl (C=O) groups excluding carboxylic acids is 1. The molecule has 2 heterocycles. The zero-order chi connectivity index (χ0) is 19.6. The molecule has 2 aromatic heterocycles. The number of fused-ring (bicyclic) bond motifs is 1. The molecule has 0 spiro atoms. The van der Waals surface area contributed by atoms with Gasteiger partial charge in [-0.15, -0.1) is 0 Å². The Morgan fingerprint density at radius 3 is 2.89 bits per heavy atom. The number of nitrogens with zero attached hydrogens (tertiary/aromatic N) is 1. The van der Waals surface area contributed by atoms with E-state index >= 15 is 0 Å². The van der Waals surface area contributed by atoms with E-state index in [2.05, 4.69) is 5.32 Å². The van der Waals surface area contributed by atoms with Gasteiger partial charge in [-0.05, 0) is 41.8 Å². The molecule has 0 radical (unpaired) electrons. The van der Waals surface area contributed by atoms with Crippen LogP contribution in [-0.4, -0.2) is 10.3 Å². The van der Waals surface area contributed by atoms with E-state index in [1.165, 1.54) is 6.92 Å². The van der Waals surface area contributed by atoms with Crippen molar-refractivity contribution in [1.82, 2.24) is 9.72 Å². The third-order valence-electron chi connectivity index (χ3n) is 4.45. The topological polar surface area (TPSA) is 50.6 Å². The number of halogens is 2. The summed E-state index contributed by atoms with van der Waals surface area (Å²) in [6, 6.07) is 5.49. The van der Waals surface area contributed by atoms with Gasteiger partial charge in [0.1, 0.15) is 5.83 Å². The summed E-state index contributed by atoms with van der Waals surface area (Å²) in [4.78, 5) is 23.8. The first-order chi connectivity index (χ1) is 12.8. The highest BCUT2D eigenvalue weighted by Gasteiger charge is 2.12. The van der Waals surface area contributed by atoms with Crippen LogP contribution in [-0.2, 0) is 17.8 Å². The van der Waals surface area contributed by atoms with Crippen LogP contribution in [0, 0.1) is 6.92 Å². The third kappa shape index (κ3) is 4.37. The van der Waals surface area contributed by atoms with E-state index < -0.39 is 0 Å². The summed E-state index contributed by atoms with van der Waals surface area (Å²) in [5.41, 5.74) is 3.38. The lowest BCUT2D eigenvalue weighted by Crippen LogP contribution is -2.23. The van der Waals surface area contributed by atoms with Crippen molar-refractivity contribution in [1.29, 1.82) is 0 Å². The third-order valence-corrected chi connectivity index (χ3v) is 4.71. The van der Waals surface area contributed by atoms with Gasteiger partial charge in [-0.3, -0.25) is 14.0 Å². The van der Waals surface area contributed by atoms with E-state index in [0.29, 0.717) is 29.1 Å². The van der Waals surface area contributed by atoms with Gasteiger partial charge in [0.05, 0.1) is 5.52 Å². The molecule has 1 aliphatic carbocycles. The number of nitrogens with one attached hydrogen (secondary N) is 1. The molecule has 2 aromatic rings. The predicted octanol–water partition coefficient (Wildman–Crippen LogP) is 4.09. The van der Waals surface area contributed by atoms with Crippen LogP contribution in [0.3, 0.4) is 0 Å². The molecule has 6 heteroatoms. The highest BCUT2D eigenvalue weighted by molar-refractivity contribution is 6.29. The van der Waals surface area contributed by atoms with E-state index in [-0.39, 0.29) is 23.7 Å². The van der Waals surface area contributed by atoms with Gasteiger partial charge in [0.2, 0.25) is 5.91 Å². The zero-order valence-corrected chi connectivity index (χ0v) is 15.9. The fraction of sp³-hybridized carbons (Fsp3) is 0.238. The summed E-state index contributed by atoms with van der Waals surface area (Å²) in [5.74, 6) is -0.406. The van der Waals surface area contributed by atoms with E-state index in [1.807, 2.05) is 12.1 Å². The van der Waals surface area contributed by atoms with Gasteiger partial charge in [-0.1, -0.05) is 29.8 Å². The molecule has 3 rings (SSSR count). The van der Waals surface area contributed by atoms with Crippen molar-refractivity contribution in [2.75, 3.05) is 0 Å². The van der Waals surface area contributed by atoms with Crippen molar-refractivity contribution in [3.63, 3.8) is 0 Å². The summed E-state index contributed by atoms with van der Waals surface area (Å²) in [6.07, 6.45) is 7.28. The maximum absolute atomic E-state index is 14.3. The molecule has 1 amide bonds. The number of hydrogen-bond donors (Lipinski definition) is 1. The van der Waals surface area contributed by atoms with Gasteiger partial charge in [-0.25, -0.2) is 4.39 Å². The van der Waals surface area contributed by atoms with Crippen LogP contribution in [0.1, 0.15) is 30.0 Å². The van der Waals surface area contributed by atoms with Crippen molar-refractivity contribution < 1.29 is 9.18 Å². The van der Waals surface area contributed by atoms with Crippen LogP contribution in [0.4, 0.5) is 4.39 Å². The van der Waals surface area contributed by atoms with Crippen LogP contribution in [0.5, 0.6) is 0 Å². The largest absolute Gasteiger partial charge is 0.352 e. The second-order valence-electron chi connectivity index (χ2n) is 6.62. The molecule has 0 aromatic carbocycles. The molecule has 27 heavy (non-hydrogen) atoms. The van der Waals surface area contributed by atoms with Crippen molar-refractivity contribution in [2.45, 2.75) is 33.2 Å². The summed E-state index contributed by atoms with van der Waals surface area (Å²) in [5, 5.41) is 3.21. The molecular formula is C21H20ClFN2O2. The van der Waals surface area contributed by atoms with E-state index in [0.717, 1.165) is 16.6 Å². The first-order valence-corrected chi connectivity index (χ1v) is 9.01. The first-order valence-electron chi connectivity index (χ1n) is 8.63. The highest BCUT2D eigenvalue weighted by atomic mass is 35.5. The normalized spacial score (nSPS) is 14.3. The number of rotatable bonds is 4. The Labute approximate surface area is 161 Å². The lowest BCUT2D eigenvalue weighted by atomic mass is 10.0. The van der Waals surface area contributed by atoms with Crippen molar-refractivity contribution >= 4 is 23.0 Å². The SMILES string of the molecule is CC(=O)NCc1cc(C)c(=O)n2cc(CC3=C(F)CC(Cl)=CC=C3)ccc12. The van der Waals surface area contributed by atoms with Gasteiger partial charge in [0, 0.05) is 43.1 Å². The number of aryl methyl sites for hydroxylation is 1. The quantitative estimate of drug-likeness (QED) is 0.860. The average molecular weight is 387 g/mol. The summed E-state index contributed by atoms with van der Waals surface area (Å²) in [6.45, 7) is 3.53. The molecule has 0 atom stereocenters. The van der Waals surface area contributed by atoms with Gasteiger partial charge in [-0.2, -0.15) is 0 Å². The Balaban J connectivity index is 2.00. The maximum atomic E-state index is 14.3. The minimum Gasteiger partial charge on any atom is -0.352 e. The second-order valence-corrected chi connectivity index (χ2v) is 7.10. The minimum atomic E-state index is -0.270. The fourth-order valence-corrected chi connectivity index (χ4v) is 3.27. The molecule has 0 bridgehead atoms. The Morgan fingerprint density at radius 2 is 2.15 bits per heavy atom. The molecule has 140 valence electrons. The van der Waals surface area contributed by atoms with E-state index in [1.54, 1.807) is 41.8 Å². The smallest absolute Gasteiger partial charge is 0.258 e. The van der Waals surface area contributed by atoms with Gasteiger partial charge in [0.25, 0.3) is 5.56 Å². The average Bonchev–Trinajstić information content (AvgIpc) is 2.77. The monoisotopic (exact) mass is 386 g/mol. The van der Waals surface area contributed by atoms with Crippen molar-refractivity contribution in [2.24, 2.45) is 0 Å². The molecule has 1 N–H and O–H groups in total. The summed E-state index contributed by atoms with van der Waals surface area (Å²) in [7, 11) is 0. The fourth-order valence-electron chi connectivity index (χ4n) is 3.08. The van der Waals surface area contributed by atoms with Crippen LogP contribution < -0.4 is 10.9 Å². The maximum Gasteiger partial charge on any atom is 0.258 e. The Bertz CT molecular complexity index is 1060. The molecule has 0 aliphatic heterocycles. The first kappa shape index (κ1) is 19.1. The number of carbonyl (C=O) groups is 1. The Kier molecular flexibility index (Phi) is 5.61. The highest BCUT2D eigenvalue weighted by Crippen LogP contribution is 2.25. The van der Waals surface area contributed by atoms with Crippen LogP contribution in [0.25, 0.3) is 5.52 Å². The molecule has 0 saturated heterocycles. The second kappa shape index (κ2) is 7.92. The zero-order valence-electron chi connectivity index (χ0n) is 15.2. The van der Waals surface area contributed by atoms with E-state index in [4.69, 9.17) is 11.6 Å². The molecular weight excluding hydrogens is 367 g/mol. The Morgan fingerprint density at radius 1 is 1.37 bits per heavy atom. The van der Waals surface area contributed by atoms with Gasteiger partial charge >= 0.3 is 0 Å². The molecule has 0 unspecified atom stereocenters. The number of hydrogen-bond acceptors (Lipinski definition) is 2. The van der Waals surface area contributed by atoms with Crippen LogP contribution in [0.2, 0.25) is 0 Å². The predicted molar refractivity (Wildman–Crippen MR) is 105 cm³/mol. The number of amides is 1. The van der Waals surface area contributed by atoms with Crippen molar-refractivity contribution in [3.8, 4) is 0 Å². The lowest BCUT2D eigenvalue weighted by molar-refractivity contribution is -0.119. The van der Waals surface area contributed by atoms with Crippen LogP contribution >= 0.6 is 11.6 Å². The van der Waals surface area contributed by atoms with Gasteiger partial charge in [0.15, 0.2) is 0 Å². The lowest BCUT2D eigenvalue weighted by Gasteiger charge is -2.12. The van der Waals surface area contributed by atoms with Gasteiger partial charge < -0.3 is 5.32 Å². The summed E-state index contributed by atoms with van der Waals surface area (Å²) < 4.78 is 15.9. The molecule has 0 saturated carbocycles. The van der Waals surface area contributed by atoms with Crippen LogP contribution in [0.15, 0.2) is 63.9 Å². The van der Waals surface area contributed by atoms with E-state index in [9.17, 15) is 14.0 Å². The Hall–Kier alpha value is -2.66. The molecule has 4 nitrogen and oxygen atoms in total. The minimum absolute atomic E-state index is 0.0807. The van der Waals surface area contributed by atoms with Crippen molar-refractivity contribution in [3.05, 3.63) is 86.1 Å².